The fourth-order valence-electron chi connectivity index (χ4n) is 2.56. The highest BCUT2D eigenvalue weighted by Gasteiger charge is 2.24. The Bertz CT molecular complexity index is 445. The molecule has 1 aliphatic heterocycles. The van der Waals surface area contributed by atoms with E-state index in [0.29, 0.717) is 13.0 Å². The van der Waals surface area contributed by atoms with Gasteiger partial charge in [0.25, 0.3) is 0 Å². The lowest BCUT2D eigenvalue weighted by molar-refractivity contribution is 0.171. The Morgan fingerprint density at radius 2 is 1.95 bits per heavy atom. The van der Waals surface area contributed by atoms with Crippen molar-refractivity contribution in [3.05, 3.63) is 29.8 Å². The molecule has 1 atom stereocenters. The van der Waals surface area contributed by atoms with Gasteiger partial charge in [-0.3, -0.25) is 4.90 Å². The molecule has 1 fully saturated rings. The molecule has 0 saturated carbocycles. The van der Waals surface area contributed by atoms with E-state index < -0.39 is 0 Å². The van der Waals surface area contributed by atoms with Crippen molar-refractivity contribution in [1.29, 1.82) is 5.26 Å². The fourth-order valence-corrected chi connectivity index (χ4v) is 2.56. The molecule has 1 aromatic rings. The molecular weight excluding hydrogens is 309 g/mol. The summed E-state index contributed by atoms with van der Waals surface area (Å²) in [6, 6.07) is 10.5. The van der Waals surface area contributed by atoms with E-state index in [1.165, 1.54) is 0 Å². The van der Waals surface area contributed by atoms with E-state index in [4.69, 9.17) is 10.00 Å². The minimum absolute atomic E-state index is 0. The van der Waals surface area contributed by atoms with Crippen LogP contribution in [0.4, 0.5) is 0 Å². The Morgan fingerprint density at radius 3 is 2.57 bits per heavy atom. The first-order chi connectivity index (χ1) is 9.36. The van der Waals surface area contributed by atoms with Crippen LogP contribution >= 0.6 is 24.8 Å². The highest BCUT2D eigenvalue weighted by atomic mass is 35.5. The van der Waals surface area contributed by atoms with Crippen molar-refractivity contribution >= 4 is 24.8 Å². The van der Waals surface area contributed by atoms with Crippen LogP contribution < -0.4 is 10.1 Å². The molecule has 118 valence electrons. The van der Waals surface area contributed by atoms with Crippen molar-refractivity contribution in [2.45, 2.75) is 19.4 Å². The summed E-state index contributed by atoms with van der Waals surface area (Å²) < 4.78 is 5.70. The molecule has 0 unspecified atom stereocenters. The van der Waals surface area contributed by atoms with Crippen molar-refractivity contribution in [3.63, 3.8) is 0 Å². The van der Waals surface area contributed by atoms with Gasteiger partial charge in [-0.25, -0.2) is 0 Å². The molecule has 0 spiro atoms. The topological polar surface area (TPSA) is 48.3 Å². The van der Waals surface area contributed by atoms with Crippen molar-refractivity contribution < 1.29 is 4.74 Å². The normalized spacial score (nSPS) is 16.0. The number of para-hydroxylation sites is 1. The van der Waals surface area contributed by atoms with E-state index in [2.05, 4.69) is 22.4 Å². The van der Waals surface area contributed by atoms with Crippen LogP contribution in [0.3, 0.4) is 0 Å². The van der Waals surface area contributed by atoms with E-state index in [1.807, 2.05) is 25.1 Å². The summed E-state index contributed by atoms with van der Waals surface area (Å²) in [4.78, 5) is 2.37. The average molecular weight is 332 g/mol. The number of rotatable bonds is 5. The number of hydrogen-bond donors (Lipinski definition) is 1. The maximum absolute atomic E-state index is 9.12. The Morgan fingerprint density at radius 1 is 1.29 bits per heavy atom. The lowest BCUT2D eigenvalue weighted by atomic mass is 10.0. The molecule has 6 heteroatoms. The molecule has 1 saturated heterocycles. The Labute approximate surface area is 139 Å². The minimum atomic E-state index is 0. The van der Waals surface area contributed by atoms with Crippen LogP contribution in [0.5, 0.6) is 5.75 Å². The molecule has 2 rings (SSSR count). The zero-order chi connectivity index (χ0) is 13.5. The summed E-state index contributed by atoms with van der Waals surface area (Å²) in [5.74, 6) is 0.906. The number of ether oxygens (including phenoxy) is 1. The number of nitrogens with zero attached hydrogens (tertiary/aromatic N) is 2. The van der Waals surface area contributed by atoms with Gasteiger partial charge in [0.1, 0.15) is 5.75 Å². The molecule has 0 radical (unpaired) electrons. The third-order valence-corrected chi connectivity index (χ3v) is 3.45. The van der Waals surface area contributed by atoms with Gasteiger partial charge < -0.3 is 10.1 Å². The average Bonchev–Trinajstić information content (AvgIpc) is 2.47. The summed E-state index contributed by atoms with van der Waals surface area (Å²) in [5.41, 5.74) is 1.13. The van der Waals surface area contributed by atoms with Crippen LogP contribution in [-0.4, -0.2) is 37.7 Å². The number of halogens is 2. The summed E-state index contributed by atoms with van der Waals surface area (Å²) in [7, 11) is 0. The third kappa shape index (κ3) is 5.37. The van der Waals surface area contributed by atoms with Gasteiger partial charge in [-0.05, 0) is 13.0 Å². The molecule has 1 N–H and O–H groups in total. The van der Waals surface area contributed by atoms with Crippen molar-refractivity contribution in [3.8, 4) is 11.8 Å². The smallest absolute Gasteiger partial charge is 0.124 e. The van der Waals surface area contributed by atoms with Gasteiger partial charge in [0.2, 0.25) is 0 Å². The Kier molecular flexibility index (Phi) is 10.2. The van der Waals surface area contributed by atoms with Gasteiger partial charge in [0.05, 0.1) is 25.1 Å². The predicted octanol–water partition coefficient (Wildman–Crippen LogP) is 2.79. The number of piperazine rings is 1. The van der Waals surface area contributed by atoms with Gasteiger partial charge in [-0.2, -0.15) is 5.26 Å². The molecular formula is C15H23Cl2N3O. The zero-order valence-electron chi connectivity index (χ0n) is 12.2. The molecule has 0 bridgehead atoms. The van der Waals surface area contributed by atoms with Crippen molar-refractivity contribution in [2.75, 3.05) is 32.8 Å². The summed E-state index contributed by atoms with van der Waals surface area (Å²) >= 11 is 0. The first-order valence-corrected chi connectivity index (χ1v) is 6.90. The van der Waals surface area contributed by atoms with Crippen molar-refractivity contribution in [2.24, 2.45) is 0 Å². The molecule has 0 aromatic heterocycles. The number of benzene rings is 1. The predicted molar refractivity (Wildman–Crippen MR) is 89.5 cm³/mol. The van der Waals surface area contributed by atoms with E-state index in [-0.39, 0.29) is 30.9 Å². The first-order valence-electron chi connectivity index (χ1n) is 6.90. The monoisotopic (exact) mass is 331 g/mol. The van der Waals surface area contributed by atoms with Crippen LogP contribution in [0.1, 0.15) is 24.9 Å². The van der Waals surface area contributed by atoms with E-state index in [9.17, 15) is 0 Å². The van der Waals surface area contributed by atoms with Crippen molar-refractivity contribution in [1.82, 2.24) is 10.2 Å². The zero-order valence-corrected chi connectivity index (χ0v) is 13.9. The maximum atomic E-state index is 9.12. The first kappa shape index (κ1) is 20.0. The summed E-state index contributed by atoms with van der Waals surface area (Å²) in [6.45, 7) is 6.57. The lowest BCUT2D eigenvalue weighted by Crippen LogP contribution is -2.45. The fraction of sp³-hybridized carbons (Fsp3) is 0.533. The second kappa shape index (κ2) is 10.7. The van der Waals surface area contributed by atoms with Crippen LogP contribution in [-0.2, 0) is 0 Å². The third-order valence-electron chi connectivity index (χ3n) is 3.45. The number of hydrogen-bond acceptors (Lipinski definition) is 4. The van der Waals surface area contributed by atoms with E-state index in [0.717, 1.165) is 37.5 Å². The van der Waals surface area contributed by atoms with Crippen LogP contribution in [0.2, 0.25) is 0 Å². The standard InChI is InChI=1S/C15H21N3O.2ClH/c1-2-19-15-6-4-3-5-13(15)14(7-8-16)18-11-9-17-10-12-18;;/h3-6,14,17H,2,7,9-12H2,1H3;2*1H/t14-;;/m1../s1. The van der Waals surface area contributed by atoms with E-state index in [1.54, 1.807) is 0 Å². The number of nitrogens with one attached hydrogen (secondary N) is 1. The minimum Gasteiger partial charge on any atom is -0.494 e. The maximum Gasteiger partial charge on any atom is 0.124 e. The molecule has 1 aliphatic rings. The highest BCUT2D eigenvalue weighted by molar-refractivity contribution is 5.85. The Balaban J connectivity index is 0.00000200. The highest BCUT2D eigenvalue weighted by Crippen LogP contribution is 2.31. The van der Waals surface area contributed by atoms with Gasteiger partial charge in [-0.1, -0.05) is 18.2 Å². The van der Waals surface area contributed by atoms with Gasteiger partial charge >= 0.3 is 0 Å². The Hall–Kier alpha value is -0.990. The molecule has 21 heavy (non-hydrogen) atoms. The molecule has 0 amide bonds. The molecule has 4 nitrogen and oxygen atoms in total. The summed E-state index contributed by atoms with van der Waals surface area (Å²) in [5, 5.41) is 12.5. The van der Waals surface area contributed by atoms with Gasteiger partial charge in [-0.15, -0.1) is 24.8 Å². The number of nitriles is 1. The van der Waals surface area contributed by atoms with Crippen LogP contribution in [0, 0.1) is 11.3 Å². The van der Waals surface area contributed by atoms with E-state index >= 15 is 0 Å². The molecule has 1 heterocycles. The largest absolute Gasteiger partial charge is 0.494 e. The quantitative estimate of drug-likeness (QED) is 0.901. The van der Waals surface area contributed by atoms with Gasteiger partial charge in [0, 0.05) is 31.7 Å². The van der Waals surface area contributed by atoms with Gasteiger partial charge in [0.15, 0.2) is 0 Å². The second-order valence-electron chi connectivity index (χ2n) is 4.63. The molecule has 1 aromatic carbocycles. The second-order valence-corrected chi connectivity index (χ2v) is 4.63. The summed E-state index contributed by atoms with van der Waals surface area (Å²) in [6.07, 6.45) is 0.504. The van der Waals surface area contributed by atoms with Crippen LogP contribution in [0.25, 0.3) is 0 Å². The van der Waals surface area contributed by atoms with Crippen LogP contribution in [0.15, 0.2) is 24.3 Å². The lowest BCUT2D eigenvalue weighted by Gasteiger charge is -2.34. The SMILES string of the molecule is CCOc1ccccc1[C@@H](CC#N)N1CCNCC1.Cl.Cl. The molecule has 0 aliphatic carbocycles.